The Hall–Kier alpha value is -0.800. The highest BCUT2D eigenvalue weighted by atomic mass is 35.5. The number of aliphatic hydroxyl groups is 2. The van der Waals surface area contributed by atoms with Crippen molar-refractivity contribution >= 4 is 21.6 Å². The third kappa shape index (κ3) is 3.36. The van der Waals surface area contributed by atoms with Gasteiger partial charge in [0.25, 0.3) is 0 Å². The van der Waals surface area contributed by atoms with E-state index in [1.165, 1.54) is 0 Å². The summed E-state index contributed by atoms with van der Waals surface area (Å²) in [6.07, 6.45) is 2.33. The number of aromatic nitrogens is 2. The maximum Gasteiger partial charge on any atom is 0.244 e. The van der Waals surface area contributed by atoms with E-state index in [0.717, 1.165) is 12.4 Å². The second kappa shape index (κ2) is 5.89. The van der Waals surface area contributed by atoms with Crippen molar-refractivity contribution in [1.82, 2.24) is 14.7 Å². The quantitative estimate of drug-likeness (QED) is 0.612. The minimum atomic E-state index is -3.92. The lowest BCUT2D eigenvalue weighted by atomic mass is 10.0. The summed E-state index contributed by atoms with van der Waals surface area (Å²) in [6.45, 7) is 0.606. The summed E-state index contributed by atoms with van der Waals surface area (Å²) >= 11 is 5.46. The van der Waals surface area contributed by atoms with E-state index in [4.69, 9.17) is 11.6 Å². The van der Waals surface area contributed by atoms with E-state index in [9.17, 15) is 18.6 Å². The van der Waals surface area contributed by atoms with Crippen LogP contribution in [0.2, 0.25) is 5.28 Å². The van der Waals surface area contributed by atoms with Crippen molar-refractivity contribution in [3.8, 4) is 0 Å². The van der Waals surface area contributed by atoms with Crippen molar-refractivity contribution in [2.75, 3.05) is 13.2 Å². The summed E-state index contributed by atoms with van der Waals surface area (Å²) in [6, 6.07) is 0. The fraction of sp³-hybridized carbons (Fsp3) is 0.556. The molecule has 0 saturated carbocycles. The first-order chi connectivity index (χ1) is 8.39. The largest absolute Gasteiger partial charge is 0.394 e. The molecular formula is C9H14ClN3O4S. The van der Waals surface area contributed by atoms with Gasteiger partial charge in [-0.25, -0.2) is 23.1 Å². The minimum absolute atomic E-state index is 0.0694. The molecule has 1 rings (SSSR count). The van der Waals surface area contributed by atoms with Crippen molar-refractivity contribution in [1.29, 1.82) is 0 Å². The average Bonchev–Trinajstić information content (AvgIpc) is 2.37. The van der Waals surface area contributed by atoms with E-state index >= 15 is 0 Å². The molecule has 0 saturated heterocycles. The lowest BCUT2D eigenvalue weighted by molar-refractivity contribution is 0.105. The van der Waals surface area contributed by atoms with Crippen molar-refractivity contribution in [3.05, 3.63) is 17.7 Å². The van der Waals surface area contributed by atoms with Crippen LogP contribution in [0.3, 0.4) is 0 Å². The number of aliphatic hydroxyl groups excluding tert-OH is 2. The molecule has 102 valence electrons. The number of sulfonamides is 1. The fourth-order valence-electron chi connectivity index (χ4n) is 1.19. The first-order valence-corrected chi connectivity index (χ1v) is 6.98. The van der Waals surface area contributed by atoms with Gasteiger partial charge in [-0.3, -0.25) is 0 Å². The molecule has 0 aliphatic carbocycles. The molecule has 0 amide bonds. The molecule has 0 unspecified atom stereocenters. The number of hydrogen-bond acceptors (Lipinski definition) is 6. The number of nitrogens with zero attached hydrogens (tertiary/aromatic N) is 2. The average molecular weight is 296 g/mol. The van der Waals surface area contributed by atoms with E-state index in [1.807, 2.05) is 0 Å². The van der Waals surface area contributed by atoms with Crippen LogP contribution in [0.1, 0.15) is 13.3 Å². The summed E-state index contributed by atoms with van der Waals surface area (Å²) in [7, 11) is -3.92. The third-order valence-corrected chi connectivity index (χ3v) is 4.27. The molecule has 0 atom stereocenters. The third-order valence-electron chi connectivity index (χ3n) is 2.54. The van der Waals surface area contributed by atoms with Gasteiger partial charge in [0.1, 0.15) is 4.90 Å². The van der Waals surface area contributed by atoms with Crippen LogP contribution in [0.15, 0.2) is 17.3 Å². The molecule has 0 spiro atoms. The maximum absolute atomic E-state index is 12.0. The zero-order valence-electron chi connectivity index (χ0n) is 9.67. The SMILES string of the molecule is CCC(CO)(CO)NS(=O)(=O)c1cnc(Cl)nc1. The Kier molecular flexibility index (Phi) is 5.00. The highest BCUT2D eigenvalue weighted by Crippen LogP contribution is 2.15. The lowest BCUT2D eigenvalue weighted by Gasteiger charge is -2.29. The molecule has 9 heteroatoms. The molecule has 0 fully saturated rings. The molecule has 0 radical (unpaired) electrons. The van der Waals surface area contributed by atoms with Crippen LogP contribution < -0.4 is 4.72 Å². The molecule has 1 aromatic rings. The topological polar surface area (TPSA) is 112 Å². The summed E-state index contributed by atoms with van der Waals surface area (Å²) in [5, 5.41) is 18.3. The van der Waals surface area contributed by atoms with Crippen LogP contribution in [0.25, 0.3) is 0 Å². The van der Waals surface area contributed by atoms with Gasteiger partial charge in [-0.1, -0.05) is 6.92 Å². The maximum atomic E-state index is 12.0. The van der Waals surface area contributed by atoms with Gasteiger partial charge in [0.2, 0.25) is 15.3 Å². The van der Waals surface area contributed by atoms with E-state index < -0.39 is 28.8 Å². The molecule has 3 N–H and O–H groups in total. The van der Waals surface area contributed by atoms with Crippen LogP contribution in [0, 0.1) is 0 Å². The van der Waals surface area contributed by atoms with Gasteiger partial charge >= 0.3 is 0 Å². The number of rotatable bonds is 6. The highest BCUT2D eigenvalue weighted by molar-refractivity contribution is 7.89. The van der Waals surface area contributed by atoms with Crippen LogP contribution >= 0.6 is 11.6 Å². The van der Waals surface area contributed by atoms with Crippen molar-refractivity contribution in [2.45, 2.75) is 23.8 Å². The van der Waals surface area contributed by atoms with Crippen LogP contribution in [-0.2, 0) is 10.0 Å². The number of halogens is 1. The Morgan fingerprint density at radius 2 is 1.83 bits per heavy atom. The van der Waals surface area contributed by atoms with Gasteiger partial charge in [0, 0.05) is 0 Å². The van der Waals surface area contributed by atoms with Crippen molar-refractivity contribution in [3.63, 3.8) is 0 Å². The van der Waals surface area contributed by atoms with Gasteiger partial charge in [-0.15, -0.1) is 0 Å². The molecule has 0 bridgehead atoms. The summed E-state index contributed by atoms with van der Waals surface area (Å²) in [5.41, 5.74) is -1.31. The second-order valence-corrected chi connectivity index (χ2v) is 5.76. The Bertz CT molecular complexity index is 479. The number of nitrogens with one attached hydrogen (secondary N) is 1. The minimum Gasteiger partial charge on any atom is -0.394 e. The molecule has 0 aliphatic rings. The Morgan fingerprint density at radius 3 is 2.22 bits per heavy atom. The van der Waals surface area contributed by atoms with E-state index in [-0.39, 0.29) is 16.6 Å². The molecule has 0 aliphatic heterocycles. The van der Waals surface area contributed by atoms with Crippen LogP contribution in [0.5, 0.6) is 0 Å². The molecule has 1 aromatic heterocycles. The van der Waals surface area contributed by atoms with Crippen LogP contribution in [-0.4, -0.2) is 47.4 Å². The van der Waals surface area contributed by atoms with E-state index in [2.05, 4.69) is 14.7 Å². The smallest absolute Gasteiger partial charge is 0.244 e. The monoisotopic (exact) mass is 295 g/mol. The molecule has 0 aromatic carbocycles. The Morgan fingerprint density at radius 1 is 1.33 bits per heavy atom. The molecule has 7 nitrogen and oxygen atoms in total. The van der Waals surface area contributed by atoms with Gasteiger partial charge in [0.05, 0.1) is 31.1 Å². The fourth-order valence-corrected chi connectivity index (χ4v) is 2.64. The Balaban J connectivity index is 3.04. The van der Waals surface area contributed by atoms with Crippen molar-refractivity contribution in [2.24, 2.45) is 0 Å². The molecule has 1 heterocycles. The first kappa shape index (κ1) is 15.3. The van der Waals surface area contributed by atoms with E-state index in [1.54, 1.807) is 6.92 Å². The lowest BCUT2D eigenvalue weighted by Crippen LogP contribution is -2.53. The van der Waals surface area contributed by atoms with Gasteiger partial charge < -0.3 is 10.2 Å². The highest BCUT2D eigenvalue weighted by Gasteiger charge is 2.32. The first-order valence-electron chi connectivity index (χ1n) is 5.12. The summed E-state index contributed by atoms with van der Waals surface area (Å²) in [5.74, 6) is 0. The zero-order chi connectivity index (χ0) is 13.8. The Labute approximate surface area is 110 Å². The standard InChI is InChI=1S/C9H14ClN3O4S/c1-2-9(5-14,6-15)13-18(16,17)7-3-11-8(10)12-4-7/h3-4,13-15H,2,5-6H2,1H3. The predicted molar refractivity (Wildman–Crippen MR) is 64.6 cm³/mol. The normalized spacial score (nSPS) is 12.7. The number of hydrogen-bond donors (Lipinski definition) is 3. The van der Waals surface area contributed by atoms with Crippen molar-refractivity contribution < 1.29 is 18.6 Å². The van der Waals surface area contributed by atoms with Gasteiger partial charge in [-0.05, 0) is 18.0 Å². The van der Waals surface area contributed by atoms with Gasteiger partial charge in [-0.2, -0.15) is 0 Å². The summed E-state index contributed by atoms with van der Waals surface area (Å²) in [4.78, 5) is 6.94. The van der Waals surface area contributed by atoms with Gasteiger partial charge in [0.15, 0.2) is 0 Å². The van der Waals surface area contributed by atoms with Crippen LogP contribution in [0.4, 0.5) is 0 Å². The molecular weight excluding hydrogens is 282 g/mol. The zero-order valence-corrected chi connectivity index (χ0v) is 11.2. The summed E-state index contributed by atoms with van der Waals surface area (Å²) < 4.78 is 26.2. The second-order valence-electron chi connectivity index (χ2n) is 3.74. The molecule has 18 heavy (non-hydrogen) atoms. The predicted octanol–water partition coefficient (Wildman–Crippen LogP) is -0.458. The van der Waals surface area contributed by atoms with E-state index in [0.29, 0.717) is 0 Å².